The van der Waals surface area contributed by atoms with E-state index in [0.29, 0.717) is 5.57 Å². The van der Waals surface area contributed by atoms with E-state index in [9.17, 15) is 25.2 Å². The van der Waals surface area contributed by atoms with Gasteiger partial charge in [0, 0.05) is 5.92 Å². The third-order valence-corrected chi connectivity index (χ3v) is 4.78. The molecule has 0 unspecified atom stereocenters. The molecule has 0 aromatic rings. The molecule has 3 heterocycles. The van der Waals surface area contributed by atoms with E-state index in [1.165, 1.54) is 6.26 Å². The summed E-state index contributed by atoms with van der Waals surface area (Å²) in [5, 5.41) is 38.7. The van der Waals surface area contributed by atoms with E-state index in [-0.39, 0.29) is 30.8 Å². The van der Waals surface area contributed by atoms with Crippen molar-refractivity contribution in [1.82, 2.24) is 0 Å². The van der Waals surface area contributed by atoms with E-state index in [1.54, 1.807) is 6.08 Å². The largest absolute Gasteiger partial charge is 0.462 e. The van der Waals surface area contributed by atoms with Crippen LogP contribution in [0, 0.1) is 11.8 Å². The second-order valence-corrected chi connectivity index (χ2v) is 6.32. The van der Waals surface area contributed by atoms with Crippen LogP contribution in [0.3, 0.4) is 0 Å². The summed E-state index contributed by atoms with van der Waals surface area (Å²) in [4.78, 5) is 11.6. The van der Waals surface area contributed by atoms with Gasteiger partial charge in [0.2, 0.25) is 6.29 Å². The molecule has 0 aromatic carbocycles. The summed E-state index contributed by atoms with van der Waals surface area (Å²) in [7, 11) is 0. The lowest BCUT2D eigenvalue weighted by Gasteiger charge is -2.41. The van der Waals surface area contributed by atoms with Gasteiger partial charge in [-0.1, -0.05) is 6.08 Å². The lowest BCUT2D eigenvalue weighted by Crippen LogP contribution is -2.59. The van der Waals surface area contributed by atoms with Crippen LogP contribution in [-0.2, 0) is 23.7 Å². The highest BCUT2D eigenvalue weighted by atomic mass is 16.7. The minimum absolute atomic E-state index is 0.0301. The highest BCUT2D eigenvalue weighted by molar-refractivity contribution is 5.71. The highest BCUT2D eigenvalue weighted by Gasteiger charge is 2.46. The van der Waals surface area contributed by atoms with Crippen molar-refractivity contribution in [2.45, 2.75) is 43.4 Å². The third-order valence-electron chi connectivity index (χ3n) is 4.78. The molecule has 0 radical (unpaired) electrons. The third kappa shape index (κ3) is 3.43. The molecule has 3 rings (SSSR count). The van der Waals surface area contributed by atoms with Gasteiger partial charge in [0.1, 0.15) is 24.4 Å². The quantitative estimate of drug-likeness (QED) is 0.339. The van der Waals surface area contributed by atoms with Crippen LogP contribution < -0.4 is 0 Å². The van der Waals surface area contributed by atoms with E-state index in [1.807, 2.05) is 0 Å². The number of hydrogen-bond acceptors (Lipinski definition) is 9. The molecule has 2 bridgehead atoms. The lowest BCUT2D eigenvalue weighted by atomic mass is 9.80. The minimum atomic E-state index is -1.51. The molecule has 0 aliphatic carbocycles. The van der Waals surface area contributed by atoms with Crippen LogP contribution in [0.2, 0.25) is 0 Å². The molecule has 9 heteroatoms. The highest BCUT2D eigenvalue weighted by Crippen LogP contribution is 2.39. The molecule has 3 aliphatic heterocycles. The van der Waals surface area contributed by atoms with Gasteiger partial charge in [-0.15, -0.1) is 6.58 Å². The molecule has 0 saturated carbocycles. The zero-order chi connectivity index (χ0) is 18.1. The van der Waals surface area contributed by atoms with Crippen LogP contribution in [-0.4, -0.2) is 76.6 Å². The molecule has 0 aromatic heterocycles. The second kappa shape index (κ2) is 7.40. The number of aliphatic hydroxyl groups excluding tert-OH is 4. The number of ether oxygens (including phenoxy) is 4. The fourth-order valence-corrected chi connectivity index (χ4v) is 3.30. The Labute approximate surface area is 144 Å². The average Bonchev–Trinajstić information content (AvgIpc) is 2.60. The number of esters is 1. The zero-order valence-electron chi connectivity index (χ0n) is 13.4. The molecule has 140 valence electrons. The summed E-state index contributed by atoms with van der Waals surface area (Å²) < 4.78 is 21.3. The van der Waals surface area contributed by atoms with E-state index in [0.717, 1.165) is 0 Å². The number of carbonyl (C=O) groups is 1. The molecule has 0 amide bonds. The normalized spacial score (nSPS) is 43.7. The van der Waals surface area contributed by atoms with Gasteiger partial charge in [0.05, 0.1) is 31.8 Å². The molecular formula is C16H22O9. The Kier molecular flexibility index (Phi) is 5.42. The Bertz CT molecular complexity index is 546. The summed E-state index contributed by atoms with van der Waals surface area (Å²) in [6.45, 7) is 3.17. The Morgan fingerprint density at radius 1 is 1.28 bits per heavy atom. The molecule has 3 aliphatic rings. The monoisotopic (exact) mass is 358 g/mol. The van der Waals surface area contributed by atoms with Crippen molar-refractivity contribution in [3.05, 3.63) is 24.5 Å². The van der Waals surface area contributed by atoms with Crippen LogP contribution in [0.4, 0.5) is 0 Å². The maximum absolute atomic E-state index is 11.6. The van der Waals surface area contributed by atoms with Crippen molar-refractivity contribution < 1.29 is 44.2 Å². The first-order valence-electron chi connectivity index (χ1n) is 8.04. The van der Waals surface area contributed by atoms with Gasteiger partial charge in [-0.2, -0.15) is 0 Å². The van der Waals surface area contributed by atoms with Crippen molar-refractivity contribution in [3.63, 3.8) is 0 Å². The molecule has 2 saturated heterocycles. The summed E-state index contributed by atoms with van der Waals surface area (Å²) in [6.07, 6.45) is -4.18. The minimum Gasteiger partial charge on any atom is -0.462 e. The molecule has 25 heavy (non-hydrogen) atoms. The van der Waals surface area contributed by atoms with E-state index < -0.39 is 43.6 Å². The smallest absolute Gasteiger partial charge is 0.309 e. The molecule has 2 fully saturated rings. The summed E-state index contributed by atoms with van der Waals surface area (Å²) in [5.74, 6) is -0.801. The van der Waals surface area contributed by atoms with E-state index >= 15 is 0 Å². The number of hydrogen-bond donors (Lipinski definition) is 4. The van der Waals surface area contributed by atoms with Crippen molar-refractivity contribution in [3.8, 4) is 0 Å². The first-order valence-corrected chi connectivity index (χ1v) is 8.04. The Morgan fingerprint density at radius 2 is 2.04 bits per heavy atom. The van der Waals surface area contributed by atoms with Crippen LogP contribution >= 0.6 is 0 Å². The summed E-state index contributed by atoms with van der Waals surface area (Å²) in [5.41, 5.74) is 0.662. The van der Waals surface area contributed by atoms with Gasteiger partial charge < -0.3 is 39.4 Å². The first kappa shape index (κ1) is 18.3. The summed E-state index contributed by atoms with van der Waals surface area (Å²) >= 11 is 0. The van der Waals surface area contributed by atoms with E-state index in [2.05, 4.69) is 6.58 Å². The van der Waals surface area contributed by atoms with Crippen molar-refractivity contribution in [2.75, 3.05) is 13.2 Å². The van der Waals surface area contributed by atoms with Crippen molar-refractivity contribution in [2.24, 2.45) is 11.8 Å². The lowest BCUT2D eigenvalue weighted by molar-refractivity contribution is -0.299. The number of carbonyl (C=O) groups excluding carboxylic acids is 1. The van der Waals surface area contributed by atoms with E-state index in [4.69, 9.17) is 18.9 Å². The fraction of sp³-hybridized carbons (Fsp3) is 0.688. The average molecular weight is 358 g/mol. The molecule has 0 spiro atoms. The van der Waals surface area contributed by atoms with Gasteiger partial charge >= 0.3 is 5.97 Å². The SMILES string of the molecule is C=C[C@@H]1[C@@H]2OC=C(CO[C@@H]3O[C@H](CO)[C@@H](O)[C@@H](O)[C@@H]3O)[C@H]1CC(=O)O2. The molecule has 4 N–H and O–H groups in total. The van der Waals surface area contributed by atoms with Crippen molar-refractivity contribution >= 4 is 5.97 Å². The molecule has 8 atom stereocenters. The maximum atomic E-state index is 11.6. The number of fused-ring (bicyclic) bond motifs is 2. The van der Waals surface area contributed by atoms with Gasteiger partial charge in [-0.3, -0.25) is 4.79 Å². The topological polar surface area (TPSA) is 135 Å². The van der Waals surface area contributed by atoms with Gasteiger partial charge in [0.25, 0.3) is 0 Å². The maximum Gasteiger partial charge on any atom is 0.309 e. The van der Waals surface area contributed by atoms with Gasteiger partial charge in [-0.05, 0) is 5.57 Å². The number of aliphatic hydroxyl groups is 4. The van der Waals surface area contributed by atoms with Crippen LogP contribution in [0.1, 0.15) is 6.42 Å². The Morgan fingerprint density at radius 3 is 2.72 bits per heavy atom. The van der Waals surface area contributed by atoms with Crippen molar-refractivity contribution in [1.29, 1.82) is 0 Å². The molecular weight excluding hydrogens is 336 g/mol. The second-order valence-electron chi connectivity index (χ2n) is 6.32. The predicted molar refractivity (Wildman–Crippen MR) is 80.6 cm³/mol. The standard InChI is InChI=1S/C16H22O9/c1-2-8-9-3-11(18)25-15(8)22-5-7(9)6-23-16-14(21)13(20)12(19)10(4-17)24-16/h2,5,8-10,12-17,19-21H,1,3-4,6H2/t8-,9+,10+,12+,13+,14-,15+,16+/m0/s1. The van der Waals surface area contributed by atoms with Gasteiger partial charge in [0.15, 0.2) is 6.29 Å². The van der Waals surface area contributed by atoms with Gasteiger partial charge in [-0.25, -0.2) is 0 Å². The predicted octanol–water partition coefficient (Wildman–Crippen LogP) is -1.59. The van der Waals surface area contributed by atoms with Crippen LogP contribution in [0.25, 0.3) is 0 Å². The fourth-order valence-electron chi connectivity index (χ4n) is 3.30. The number of rotatable bonds is 5. The van der Waals surface area contributed by atoms with Crippen LogP contribution in [0.15, 0.2) is 24.5 Å². The first-order chi connectivity index (χ1) is 12.0. The molecule has 9 nitrogen and oxygen atoms in total. The zero-order valence-corrected chi connectivity index (χ0v) is 13.4. The Hall–Kier alpha value is -1.49. The Balaban J connectivity index is 1.66. The summed E-state index contributed by atoms with van der Waals surface area (Å²) in [6, 6.07) is 0. The van der Waals surface area contributed by atoms with Crippen LogP contribution in [0.5, 0.6) is 0 Å².